The van der Waals surface area contributed by atoms with Crippen LogP contribution in [0.25, 0.3) is 0 Å². The highest BCUT2D eigenvalue weighted by Gasteiger charge is 2.23. The van der Waals surface area contributed by atoms with E-state index in [9.17, 15) is 5.11 Å². The Morgan fingerprint density at radius 1 is 1.21 bits per heavy atom. The van der Waals surface area contributed by atoms with Crippen LogP contribution in [0.15, 0.2) is 18.2 Å². The average Bonchev–Trinajstić information content (AvgIpc) is 2.83. The molecule has 108 valence electrons. The van der Waals surface area contributed by atoms with Crippen LogP contribution < -0.4 is 5.32 Å². The summed E-state index contributed by atoms with van der Waals surface area (Å²) < 4.78 is 0. The molecule has 3 nitrogen and oxygen atoms in total. The summed E-state index contributed by atoms with van der Waals surface area (Å²) in [6, 6.07) is 6.20. The number of hydrogen-bond donors (Lipinski definition) is 2. The third-order valence-corrected chi connectivity index (χ3v) is 3.93. The lowest BCUT2D eigenvalue weighted by Crippen LogP contribution is -2.38. The van der Waals surface area contributed by atoms with Crippen LogP contribution >= 0.6 is 34.0 Å². The summed E-state index contributed by atoms with van der Waals surface area (Å²) in [7, 11) is 0. The average molecular weight is 394 g/mol. The molecule has 1 aromatic carbocycles. The van der Waals surface area contributed by atoms with Gasteiger partial charge in [0.25, 0.3) is 0 Å². The molecule has 0 saturated carbocycles. The van der Waals surface area contributed by atoms with Gasteiger partial charge in [-0.3, -0.25) is 0 Å². The first-order valence-electron chi connectivity index (χ1n) is 6.60. The Labute approximate surface area is 135 Å². The highest BCUT2D eigenvalue weighted by atomic mass is 79.9. The van der Waals surface area contributed by atoms with Gasteiger partial charge in [-0.15, -0.1) is 34.0 Å². The van der Waals surface area contributed by atoms with Gasteiger partial charge in [-0.25, -0.2) is 0 Å². The molecule has 2 aliphatic rings. The fraction of sp³-hybridized carbons (Fsp3) is 0.571. The van der Waals surface area contributed by atoms with Gasteiger partial charge in [-0.1, -0.05) is 6.07 Å². The Morgan fingerprint density at radius 2 is 1.95 bits per heavy atom. The molecule has 0 bridgehead atoms. The minimum Gasteiger partial charge on any atom is -0.508 e. The molecule has 1 atom stereocenters. The summed E-state index contributed by atoms with van der Waals surface area (Å²) in [6.45, 7) is 4.59. The van der Waals surface area contributed by atoms with Crippen LogP contribution in [0.2, 0.25) is 0 Å². The number of halogens is 2. The van der Waals surface area contributed by atoms with E-state index < -0.39 is 0 Å². The van der Waals surface area contributed by atoms with E-state index in [-0.39, 0.29) is 34.0 Å². The standard InChI is InChI=1S/C14H20N2O.2BrH/c17-12-4-3-11-5-6-15-14(13(11)9-12)10-16-7-1-2-8-16;;/h3-4,9,14-15,17H,1-2,5-8,10H2;2*1H. The number of nitrogens with zero attached hydrogens (tertiary/aromatic N) is 1. The van der Waals surface area contributed by atoms with Crippen molar-refractivity contribution in [2.75, 3.05) is 26.2 Å². The van der Waals surface area contributed by atoms with E-state index in [1.807, 2.05) is 6.07 Å². The second kappa shape index (κ2) is 7.62. The molecule has 5 heteroatoms. The normalized spacial score (nSPS) is 22.2. The smallest absolute Gasteiger partial charge is 0.115 e. The third-order valence-electron chi connectivity index (χ3n) is 3.93. The Kier molecular flexibility index (Phi) is 6.80. The van der Waals surface area contributed by atoms with E-state index >= 15 is 0 Å². The quantitative estimate of drug-likeness (QED) is 0.810. The van der Waals surface area contributed by atoms with Crippen LogP contribution in [0, 0.1) is 0 Å². The molecule has 2 N–H and O–H groups in total. The van der Waals surface area contributed by atoms with Crippen LogP contribution in [0.5, 0.6) is 5.75 Å². The van der Waals surface area contributed by atoms with E-state index in [0.29, 0.717) is 11.8 Å². The Bertz CT molecular complexity index is 408. The molecule has 0 amide bonds. The molecule has 2 aliphatic heterocycles. The number of likely N-dealkylation sites (tertiary alicyclic amines) is 1. The maximum Gasteiger partial charge on any atom is 0.115 e. The monoisotopic (exact) mass is 392 g/mol. The molecule has 1 unspecified atom stereocenters. The van der Waals surface area contributed by atoms with Gasteiger partial charge in [0.05, 0.1) is 0 Å². The summed E-state index contributed by atoms with van der Waals surface area (Å²) in [5.74, 6) is 0.388. The molecule has 3 rings (SSSR count). The number of rotatable bonds is 2. The number of benzene rings is 1. The number of phenolic OH excluding ortho intramolecular Hbond substituents is 1. The minimum atomic E-state index is 0. The summed E-state index contributed by atoms with van der Waals surface area (Å²) >= 11 is 0. The molecule has 0 aliphatic carbocycles. The zero-order chi connectivity index (χ0) is 11.7. The largest absolute Gasteiger partial charge is 0.508 e. The topological polar surface area (TPSA) is 35.5 Å². The van der Waals surface area contributed by atoms with E-state index in [1.165, 1.54) is 37.1 Å². The first-order valence-corrected chi connectivity index (χ1v) is 6.60. The van der Waals surface area contributed by atoms with Crippen molar-refractivity contribution in [1.82, 2.24) is 10.2 Å². The molecule has 0 radical (unpaired) electrons. The van der Waals surface area contributed by atoms with Gasteiger partial charge in [0, 0.05) is 12.6 Å². The zero-order valence-electron chi connectivity index (χ0n) is 11.0. The second-order valence-electron chi connectivity index (χ2n) is 5.15. The summed E-state index contributed by atoms with van der Waals surface area (Å²) in [5, 5.41) is 13.2. The van der Waals surface area contributed by atoms with Gasteiger partial charge in [0.1, 0.15) is 5.75 Å². The predicted octanol–water partition coefficient (Wildman–Crippen LogP) is 2.83. The third kappa shape index (κ3) is 3.94. The van der Waals surface area contributed by atoms with Gasteiger partial charge < -0.3 is 15.3 Å². The van der Waals surface area contributed by atoms with Crippen molar-refractivity contribution < 1.29 is 5.11 Å². The van der Waals surface area contributed by atoms with Crippen molar-refractivity contribution >= 4 is 34.0 Å². The van der Waals surface area contributed by atoms with Crippen molar-refractivity contribution in [2.24, 2.45) is 0 Å². The predicted molar refractivity (Wildman–Crippen MR) is 88.9 cm³/mol. The lowest BCUT2D eigenvalue weighted by molar-refractivity contribution is 0.287. The fourth-order valence-corrected chi connectivity index (χ4v) is 3.01. The minimum absolute atomic E-state index is 0. The molecule has 1 aromatic rings. The van der Waals surface area contributed by atoms with Crippen LogP contribution in [0.3, 0.4) is 0 Å². The van der Waals surface area contributed by atoms with Crippen molar-refractivity contribution in [3.05, 3.63) is 29.3 Å². The van der Waals surface area contributed by atoms with Crippen molar-refractivity contribution in [3.8, 4) is 5.75 Å². The maximum absolute atomic E-state index is 9.63. The Hall–Kier alpha value is -0.100. The highest BCUT2D eigenvalue weighted by molar-refractivity contribution is 8.93. The number of hydrogen-bond acceptors (Lipinski definition) is 3. The molecule has 2 heterocycles. The number of fused-ring (bicyclic) bond motifs is 1. The van der Waals surface area contributed by atoms with E-state index in [2.05, 4.69) is 16.3 Å². The number of nitrogens with one attached hydrogen (secondary N) is 1. The van der Waals surface area contributed by atoms with Gasteiger partial charge in [0.15, 0.2) is 0 Å². The summed E-state index contributed by atoms with van der Waals surface area (Å²) in [4.78, 5) is 2.52. The van der Waals surface area contributed by atoms with E-state index in [1.54, 1.807) is 6.07 Å². The van der Waals surface area contributed by atoms with Crippen molar-refractivity contribution in [1.29, 1.82) is 0 Å². The van der Waals surface area contributed by atoms with Crippen LogP contribution in [0.4, 0.5) is 0 Å². The van der Waals surface area contributed by atoms with Crippen LogP contribution in [0.1, 0.15) is 30.0 Å². The molecule has 1 saturated heterocycles. The molecule has 0 aromatic heterocycles. The van der Waals surface area contributed by atoms with Gasteiger partial charge >= 0.3 is 0 Å². The van der Waals surface area contributed by atoms with E-state index in [4.69, 9.17) is 0 Å². The first-order chi connectivity index (χ1) is 8.33. The molecular formula is C14H22Br2N2O. The van der Waals surface area contributed by atoms with Crippen molar-refractivity contribution in [2.45, 2.75) is 25.3 Å². The summed E-state index contributed by atoms with van der Waals surface area (Å²) in [6.07, 6.45) is 3.74. The van der Waals surface area contributed by atoms with Crippen molar-refractivity contribution in [3.63, 3.8) is 0 Å². The number of phenols is 1. The SMILES string of the molecule is Br.Br.Oc1ccc2c(c1)C(CN1CCCC1)NCC2. The summed E-state index contributed by atoms with van der Waals surface area (Å²) in [5.41, 5.74) is 2.69. The van der Waals surface area contributed by atoms with Gasteiger partial charge in [-0.05, 0) is 62.2 Å². The van der Waals surface area contributed by atoms with Crippen LogP contribution in [-0.4, -0.2) is 36.2 Å². The molecule has 1 fully saturated rings. The fourth-order valence-electron chi connectivity index (χ4n) is 3.01. The Balaban J connectivity index is 0.000000902. The molecular weight excluding hydrogens is 372 g/mol. The Morgan fingerprint density at radius 3 is 2.68 bits per heavy atom. The molecule has 0 spiro atoms. The van der Waals surface area contributed by atoms with Gasteiger partial charge in [-0.2, -0.15) is 0 Å². The van der Waals surface area contributed by atoms with Crippen LogP contribution in [-0.2, 0) is 6.42 Å². The lowest BCUT2D eigenvalue weighted by Gasteiger charge is -2.30. The first kappa shape index (κ1) is 17.0. The second-order valence-corrected chi connectivity index (χ2v) is 5.15. The van der Waals surface area contributed by atoms with Gasteiger partial charge in [0.2, 0.25) is 0 Å². The maximum atomic E-state index is 9.63. The molecule has 19 heavy (non-hydrogen) atoms. The van der Waals surface area contributed by atoms with E-state index in [0.717, 1.165) is 19.5 Å². The number of aromatic hydroxyl groups is 1. The highest BCUT2D eigenvalue weighted by Crippen LogP contribution is 2.27. The zero-order valence-corrected chi connectivity index (χ0v) is 14.4. The lowest BCUT2D eigenvalue weighted by atomic mass is 9.94.